The van der Waals surface area contributed by atoms with Gasteiger partial charge in [-0.1, -0.05) is 79.1 Å². The van der Waals surface area contributed by atoms with E-state index in [9.17, 15) is 0 Å². The van der Waals surface area contributed by atoms with Crippen molar-refractivity contribution in [3.8, 4) is 0 Å². The molecule has 0 aromatic heterocycles. The second kappa shape index (κ2) is 6.96. The summed E-state index contributed by atoms with van der Waals surface area (Å²) >= 11 is 0. The second-order valence-corrected chi connectivity index (χ2v) is 13.0. The maximum absolute atomic E-state index is 6.49. The zero-order valence-corrected chi connectivity index (χ0v) is 15.5. The van der Waals surface area contributed by atoms with Gasteiger partial charge >= 0.3 is 0 Å². The van der Waals surface area contributed by atoms with Crippen LogP contribution >= 0.6 is 0 Å². The van der Waals surface area contributed by atoms with E-state index < -0.39 is 8.32 Å². The minimum absolute atomic E-state index is 0.782. The van der Waals surface area contributed by atoms with Gasteiger partial charge in [0.25, 0.3) is 0 Å². The predicted molar refractivity (Wildman–Crippen MR) is 90.6 cm³/mol. The zero-order valence-electron chi connectivity index (χ0n) is 14.5. The van der Waals surface area contributed by atoms with E-state index in [-0.39, 0.29) is 0 Å². The largest absolute Gasteiger partial charge is 0.419 e. The third-order valence-corrected chi connectivity index (χ3v) is 12.8. The molecule has 2 aliphatic carbocycles. The Balaban J connectivity index is 2.16. The first-order chi connectivity index (χ1) is 9.50. The topological polar surface area (TPSA) is 9.23 Å². The molecule has 2 aliphatic rings. The van der Waals surface area contributed by atoms with Crippen LogP contribution in [0.15, 0.2) is 0 Å². The SMILES string of the molecule is CO[Si](C(C)C)(C1CCC(C)CC1)C1CCC(C)CC1. The zero-order chi connectivity index (χ0) is 14.8. The Hall–Kier alpha value is 0.177. The lowest BCUT2D eigenvalue weighted by atomic mass is 9.90. The van der Waals surface area contributed by atoms with Crippen LogP contribution in [0.2, 0.25) is 16.6 Å². The minimum atomic E-state index is -1.60. The summed E-state index contributed by atoms with van der Waals surface area (Å²) < 4.78 is 6.49. The van der Waals surface area contributed by atoms with E-state index in [4.69, 9.17) is 4.43 Å². The molecular weight excluding hydrogens is 260 g/mol. The maximum Gasteiger partial charge on any atom is 0.200 e. The highest BCUT2D eigenvalue weighted by Crippen LogP contribution is 2.54. The van der Waals surface area contributed by atoms with Crippen LogP contribution in [0.5, 0.6) is 0 Å². The van der Waals surface area contributed by atoms with Crippen LogP contribution in [-0.2, 0) is 4.43 Å². The van der Waals surface area contributed by atoms with Crippen LogP contribution in [-0.4, -0.2) is 15.4 Å². The fourth-order valence-electron chi connectivity index (χ4n) is 5.27. The van der Waals surface area contributed by atoms with Gasteiger partial charge in [0.1, 0.15) is 0 Å². The van der Waals surface area contributed by atoms with Crippen LogP contribution in [0.3, 0.4) is 0 Å². The van der Waals surface area contributed by atoms with Gasteiger partial charge in [0.2, 0.25) is 8.32 Å². The Morgan fingerprint density at radius 1 is 0.750 bits per heavy atom. The van der Waals surface area contributed by atoms with Crippen molar-refractivity contribution in [3.63, 3.8) is 0 Å². The van der Waals surface area contributed by atoms with Gasteiger partial charge in [-0.3, -0.25) is 0 Å². The monoisotopic (exact) mass is 296 g/mol. The molecule has 2 saturated carbocycles. The van der Waals surface area contributed by atoms with Crippen molar-refractivity contribution in [3.05, 3.63) is 0 Å². The van der Waals surface area contributed by atoms with Gasteiger partial charge in [0.15, 0.2) is 0 Å². The van der Waals surface area contributed by atoms with Crippen molar-refractivity contribution < 1.29 is 4.43 Å². The van der Waals surface area contributed by atoms with Crippen molar-refractivity contribution in [2.45, 2.75) is 95.7 Å². The van der Waals surface area contributed by atoms with Crippen LogP contribution < -0.4 is 0 Å². The van der Waals surface area contributed by atoms with Crippen molar-refractivity contribution in [1.29, 1.82) is 0 Å². The molecule has 0 amide bonds. The van der Waals surface area contributed by atoms with Crippen LogP contribution in [0, 0.1) is 11.8 Å². The minimum Gasteiger partial charge on any atom is -0.419 e. The van der Waals surface area contributed by atoms with Gasteiger partial charge in [0, 0.05) is 7.11 Å². The molecule has 2 fully saturated rings. The summed E-state index contributed by atoms with van der Waals surface area (Å²) in [5.74, 6) is 1.90. The van der Waals surface area contributed by atoms with E-state index in [1.165, 1.54) is 51.4 Å². The van der Waals surface area contributed by atoms with Crippen molar-refractivity contribution in [2.75, 3.05) is 7.11 Å². The molecule has 118 valence electrons. The molecule has 0 atom stereocenters. The lowest BCUT2D eigenvalue weighted by Crippen LogP contribution is -2.51. The quantitative estimate of drug-likeness (QED) is 0.565. The smallest absolute Gasteiger partial charge is 0.200 e. The summed E-state index contributed by atoms with van der Waals surface area (Å²) in [6, 6.07) is 0. The Kier molecular flexibility index (Phi) is 5.76. The first-order valence-corrected chi connectivity index (χ1v) is 11.2. The third-order valence-electron chi connectivity index (χ3n) is 6.56. The molecule has 0 spiro atoms. The van der Waals surface area contributed by atoms with E-state index in [2.05, 4.69) is 34.8 Å². The van der Waals surface area contributed by atoms with Crippen LogP contribution in [0.25, 0.3) is 0 Å². The molecule has 0 aliphatic heterocycles. The molecule has 0 aromatic carbocycles. The molecular formula is C18H36OSi. The van der Waals surface area contributed by atoms with Gasteiger partial charge in [-0.15, -0.1) is 0 Å². The Morgan fingerprint density at radius 3 is 1.35 bits per heavy atom. The average molecular weight is 297 g/mol. The number of hydrogen-bond donors (Lipinski definition) is 0. The lowest BCUT2D eigenvalue weighted by molar-refractivity contribution is 0.278. The maximum atomic E-state index is 6.49. The Morgan fingerprint density at radius 2 is 1.10 bits per heavy atom. The summed E-state index contributed by atoms with van der Waals surface area (Å²) in [7, 11) is 0.453. The summed E-state index contributed by atoms with van der Waals surface area (Å²) in [6.07, 6.45) is 11.6. The molecule has 0 N–H and O–H groups in total. The fourth-order valence-corrected chi connectivity index (χ4v) is 11.4. The van der Waals surface area contributed by atoms with E-state index in [0.717, 1.165) is 28.5 Å². The molecule has 0 heterocycles. The average Bonchev–Trinajstić information content (AvgIpc) is 2.43. The molecule has 1 nitrogen and oxygen atoms in total. The molecule has 0 aromatic rings. The van der Waals surface area contributed by atoms with Gasteiger partial charge < -0.3 is 4.43 Å². The predicted octanol–water partition coefficient (Wildman–Crippen LogP) is 6.15. The van der Waals surface area contributed by atoms with Gasteiger partial charge in [-0.05, 0) is 28.5 Å². The standard InChI is InChI=1S/C18H36OSi/c1-14(2)20(19-5,17-10-6-15(3)7-11-17)18-12-8-16(4)9-13-18/h14-18H,6-13H2,1-5H3. The van der Waals surface area contributed by atoms with E-state index in [1.807, 2.05) is 0 Å². The highest BCUT2D eigenvalue weighted by Gasteiger charge is 2.51. The van der Waals surface area contributed by atoms with Crippen LogP contribution in [0.4, 0.5) is 0 Å². The Bertz CT molecular complexity index is 264. The Labute approximate surface area is 128 Å². The summed E-state index contributed by atoms with van der Waals surface area (Å²) in [6.45, 7) is 9.80. The number of hydrogen-bond acceptors (Lipinski definition) is 1. The van der Waals surface area contributed by atoms with Crippen molar-refractivity contribution >= 4 is 8.32 Å². The molecule has 2 rings (SSSR count). The van der Waals surface area contributed by atoms with E-state index in [1.54, 1.807) is 0 Å². The van der Waals surface area contributed by atoms with Crippen LogP contribution in [0.1, 0.15) is 79.1 Å². The first-order valence-electron chi connectivity index (χ1n) is 9.05. The van der Waals surface area contributed by atoms with Gasteiger partial charge in [0.05, 0.1) is 0 Å². The summed E-state index contributed by atoms with van der Waals surface area (Å²) in [4.78, 5) is 0. The third kappa shape index (κ3) is 3.16. The molecule has 0 radical (unpaired) electrons. The molecule has 20 heavy (non-hydrogen) atoms. The highest BCUT2D eigenvalue weighted by molar-refractivity contribution is 6.78. The highest BCUT2D eigenvalue weighted by atomic mass is 28.4. The van der Waals surface area contributed by atoms with Crippen molar-refractivity contribution in [1.82, 2.24) is 0 Å². The molecule has 0 bridgehead atoms. The lowest BCUT2D eigenvalue weighted by Gasteiger charge is -2.49. The van der Waals surface area contributed by atoms with Gasteiger partial charge in [-0.2, -0.15) is 0 Å². The van der Waals surface area contributed by atoms with E-state index >= 15 is 0 Å². The number of rotatable bonds is 4. The normalized spacial score (nSPS) is 38.7. The molecule has 0 saturated heterocycles. The van der Waals surface area contributed by atoms with Gasteiger partial charge in [-0.25, -0.2) is 0 Å². The van der Waals surface area contributed by atoms with E-state index in [0.29, 0.717) is 0 Å². The molecule has 2 heteroatoms. The first kappa shape index (κ1) is 16.5. The molecule has 0 unspecified atom stereocenters. The fraction of sp³-hybridized carbons (Fsp3) is 1.00. The summed E-state index contributed by atoms with van der Waals surface area (Å²) in [5, 5.41) is 0. The van der Waals surface area contributed by atoms with Crippen molar-refractivity contribution in [2.24, 2.45) is 11.8 Å². The second-order valence-electron chi connectivity index (χ2n) is 8.13. The summed E-state index contributed by atoms with van der Waals surface area (Å²) in [5.41, 5.74) is 2.65.